The highest BCUT2D eigenvalue weighted by molar-refractivity contribution is 5.70. The van der Waals surface area contributed by atoms with Crippen LogP contribution in [-0.4, -0.2) is 22.2 Å². The van der Waals surface area contributed by atoms with Crippen LogP contribution >= 0.6 is 0 Å². The molecule has 1 aliphatic rings. The van der Waals surface area contributed by atoms with E-state index in [-0.39, 0.29) is 29.2 Å². The number of aliphatic hydroxyl groups is 1. The van der Waals surface area contributed by atoms with Gasteiger partial charge in [-0.1, -0.05) is 12.1 Å². The first kappa shape index (κ1) is 17.8. The summed E-state index contributed by atoms with van der Waals surface area (Å²) in [7, 11) is 0. The zero-order chi connectivity index (χ0) is 18.8. The lowest BCUT2D eigenvalue weighted by molar-refractivity contribution is -0.132. The highest BCUT2D eigenvalue weighted by atomic mass is 16.5. The second kappa shape index (κ2) is 7.05. The van der Waals surface area contributed by atoms with Gasteiger partial charge in [0.15, 0.2) is 0 Å². The third kappa shape index (κ3) is 3.78. The third-order valence-electron chi connectivity index (χ3n) is 3.91. The van der Waals surface area contributed by atoms with Crippen molar-refractivity contribution in [1.29, 1.82) is 0 Å². The van der Waals surface area contributed by atoms with Gasteiger partial charge >= 0.3 is 11.9 Å². The molecule has 3 rings (SSSR count). The van der Waals surface area contributed by atoms with E-state index in [1.165, 1.54) is 26.0 Å². The topological polar surface area (TPSA) is 102 Å². The lowest BCUT2D eigenvalue weighted by Crippen LogP contribution is -2.19. The van der Waals surface area contributed by atoms with E-state index in [0.29, 0.717) is 5.75 Å². The lowest BCUT2D eigenvalue weighted by atomic mass is 9.94. The first-order chi connectivity index (χ1) is 12.3. The molecule has 0 spiro atoms. The van der Waals surface area contributed by atoms with Crippen LogP contribution in [0, 0.1) is 0 Å². The van der Waals surface area contributed by atoms with Crippen molar-refractivity contribution in [2.24, 2.45) is 0 Å². The number of aromatic hydroxyl groups is 1. The van der Waals surface area contributed by atoms with Crippen molar-refractivity contribution in [3.8, 4) is 23.0 Å². The highest BCUT2D eigenvalue weighted by Gasteiger charge is 2.31. The number of hydrogen-bond acceptors (Lipinski definition) is 7. The Labute approximate surface area is 149 Å². The maximum atomic E-state index is 11.1. The number of fused-ring (bicyclic) bond motifs is 1. The van der Waals surface area contributed by atoms with E-state index in [1.807, 2.05) is 0 Å². The number of phenolic OH excluding ortho intramolecular Hbond substituents is 1. The predicted molar refractivity (Wildman–Crippen MR) is 90.1 cm³/mol. The lowest BCUT2D eigenvalue weighted by Gasteiger charge is -2.30. The molecule has 7 heteroatoms. The van der Waals surface area contributed by atoms with Crippen LogP contribution in [0.4, 0.5) is 0 Å². The molecule has 2 aromatic carbocycles. The second-order valence-electron chi connectivity index (χ2n) is 5.97. The summed E-state index contributed by atoms with van der Waals surface area (Å²) in [5.74, 6) is -0.355. The minimum absolute atomic E-state index is 0.131. The number of hydrogen-bond donors (Lipinski definition) is 2. The molecule has 0 saturated heterocycles. The summed E-state index contributed by atoms with van der Waals surface area (Å²) >= 11 is 0. The van der Waals surface area contributed by atoms with E-state index in [4.69, 9.17) is 14.2 Å². The van der Waals surface area contributed by atoms with Crippen LogP contribution in [0.25, 0.3) is 0 Å². The maximum Gasteiger partial charge on any atom is 0.308 e. The van der Waals surface area contributed by atoms with E-state index in [1.54, 1.807) is 24.3 Å². The quantitative estimate of drug-likeness (QED) is 0.642. The number of carbonyl (C=O) groups excluding carboxylic acids is 2. The average molecular weight is 358 g/mol. The Hall–Kier alpha value is -3.06. The Morgan fingerprint density at radius 1 is 1.04 bits per heavy atom. The first-order valence-electron chi connectivity index (χ1n) is 8.02. The van der Waals surface area contributed by atoms with Gasteiger partial charge < -0.3 is 24.4 Å². The average Bonchev–Trinajstić information content (AvgIpc) is 2.53. The van der Waals surface area contributed by atoms with Crippen LogP contribution in [0.2, 0.25) is 0 Å². The van der Waals surface area contributed by atoms with E-state index in [0.717, 1.165) is 5.56 Å². The second-order valence-corrected chi connectivity index (χ2v) is 5.97. The Balaban J connectivity index is 1.87. The number of aliphatic hydroxyl groups excluding tert-OH is 1. The van der Waals surface area contributed by atoms with Gasteiger partial charge in [-0.15, -0.1) is 0 Å². The van der Waals surface area contributed by atoms with Gasteiger partial charge in [0.1, 0.15) is 29.1 Å². The van der Waals surface area contributed by atoms with Gasteiger partial charge in [-0.2, -0.15) is 0 Å². The summed E-state index contributed by atoms with van der Waals surface area (Å²) in [5, 5.41) is 20.5. The first-order valence-corrected chi connectivity index (χ1v) is 8.02. The van der Waals surface area contributed by atoms with Crippen molar-refractivity contribution in [1.82, 2.24) is 0 Å². The normalized spacial score (nSPS) is 18.4. The Kier molecular flexibility index (Phi) is 4.81. The molecule has 0 aliphatic carbocycles. The number of carbonyl (C=O) groups is 2. The van der Waals surface area contributed by atoms with Gasteiger partial charge in [-0.3, -0.25) is 9.59 Å². The van der Waals surface area contributed by atoms with Crippen LogP contribution in [-0.2, 0) is 9.59 Å². The zero-order valence-corrected chi connectivity index (χ0v) is 14.3. The summed E-state index contributed by atoms with van der Waals surface area (Å²) in [4.78, 5) is 22.1. The van der Waals surface area contributed by atoms with Gasteiger partial charge in [0.25, 0.3) is 0 Å². The van der Waals surface area contributed by atoms with E-state index in [2.05, 4.69) is 0 Å². The number of benzene rings is 2. The monoisotopic (exact) mass is 358 g/mol. The fourth-order valence-electron chi connectivity index (χ4n) is 2.89. The summed E-state index contributed by atoms with van der Waals surface area (Å²) in [6.07, 6.45) is -1.18. The van der Waals surface area contributed by atoms with E-state index >= 15 is 0 Å². The van der Waals surface area contributed by atoms with E-state index in [9.17, 15) is 19.8 Å². The maximum absolute atomic E-state index is 11.1. The Morgan fingerprint density at radius 2 is 1.65 bits per heavy atom. The molecule has 0 bridgehead atoms. The van der Waals surface area contributed by atoms with Crippen LogP contribution in [0.3, 0.4) is 0 Å². The molecule has 26 heavy (non-hydrogen) atoms. The molecule has 2 aromatic rings. The van der Waals surface area contributed by atoms with Crippen molar-refractivity contribution in [2.75, 3.05) is 0 Å². The number of phenols is 1. The standard InChI is InChI=1S/C19H18O7/c1-10(20)24-13-5-3-12(4-6-13)17-9-16(23)19-15(22)7-14(25-11(2)21)8-18(19)26-17/h3-8,16-17,22-23H,9H2,1-2H3/t16-,17-/m1/s1. The molecule has 1 aliphatic heterocycles. The number of rotatable bonds is 3. The Bertz CT molecular complexity index is 842. The van der Waals surface area contributed by atoms with Crippen molar-refractivity contribution in [3.05, 3.63) is 47.5 Å². The molecular weight excluding hydrogens is 340 g/mol. The fourth-order valence-corrected chi connectivity index (χ4v) is 2.89. The Morgan fingerprint density at radius 3 is 2.27 bits per heavy atom. The van der Waals surface area contributed by atoms with Gasteiger partial charge in [-0.25, -0.2) is 0 Å². The van der Waals surface area contributed by atoms with Gasteiger partial charge in [0.2, 0.25) is 0 Å². The molecular formula is C19H18O7. The summed E-state index contributed by atoms with van der Waals surface area (Å²) in [6.45, 7) is 2.57. The molecule has 0 aromatic heterocycles. The summed E-state index contributed by atoms with van der Waals surface area (Å²) in [5.41, 5.74) is 1.02. The smallest absolute Gasteiger partial charge is 0.308 e. The molecule has 0 saturated carbocycles. The molecule has 0 radical (unpaired) electrons. The minimum Gasteiger partial charge on any atom is -0.507 e. The van der Waals surface area contributed by atoms with Crippen molar-refractivity contribution in [3.63, 3.8) is 0 Å². The molecule has 2 atom stereocenters. The van der Waals surface area contributed by atoms with Crippen molar-refractivity contribution < 1.29 is 34.0 Å². The zero-order valence-electron chi connectivity index (χ0n) is 14.3. The molecule has 0 unspecified atom stereocenters. The van der Waals surface area contributed by atoms with Gasteiger partial charge in [-0.05, 0) is 17.7 Å². The fraction of sp³-hybridized carbons (Fsp3) is 0.263. The summed E-state index contributed by atoms with van der Waals surface area (Å²) in [6, 6.07) is 9.45. The predicted octanol–water partition coefficient (Wildman–Crippen LogP) is 2.80. The largest absolute Gasteiger partial charge is 0.507 e. The molecule has 1 heterocycles. The highest BCUT2D eigenvalue weighted by Crippen LogP contribution is 2.46. The van der Waals surface area contributed by atoms with E-state index < -0.39 is 24.1 Å². The molecule has 0 amide bonds. The summed E-state index contributed by atoms with van der Waals surface area (Å²) < 4.78 is 15.9. The number of esters is 2. The van der Waals surface area contributed by atoms with Gasteiger partial charge in [0.05, 0.1) is 11.7 Å². The SMILES string of the molecule is CC(=O)Oc1ccc([C@H]2C[C@@H](O)c3c(O)cc(OC(C)=O)cc3O2)cc1. The molecule has 0 fully saturated rings. The minimum atomic E-state index is -0.941. The molecule has 2 N–H and O–H groups in total. The van der Waals surface area contributed by atoms with Gasteiger partial charge in [0, 0.05) is 32.4 Å². The number of ether oxygens (including phenoxy) is 3. The van der Waals surface area contributed by atoms with Crippen molar-refractivity contribution >= 4 is 11.9 Å². The molecule has 7 nitrogen and oxygen atoms in total. The van der Waals surface area contributed by atoms with Crippen LogP contribution in [0.15, 0.2) is 36.4 Å². The van der Waals surface area contributed by atoms with Crippen LogP contribution in [0.5, 0.6) is 23.0 Å². The van der Waals surface area contributed by atoms with Crippen LogP contribution < -0.4 is 14.2 Å². The third-order valence-corrected chi connectivity index (χ3v) is 3.91. The molecule has 136 valence electrons. The van der Waals surface area contributed by atoms with Crippen LogP contribution in [0.1, 0.15) is 43.6 Å². The van der Waals surface area contributed by atoms with Crippen molar-refractivity contribution in [2.45, 2.75) is 32.5 Å².